The standard InChI is InChI=1S/C14H26O2/c1-3-5-6-7-8-9-10-11-12-14(15)16-13-4-2/h4H,2-3,5-13H2,1H3. The summed E-state index contributed by atoms with van der Waals surface area (Å²) in [5.41, 5.74) is 0. The Labute approximate surface area is 100 Å². The number of carbonyl (C=O) groups excluding carboxylic acids is 1. The van der Waals surface area contributed by atoms with E-state index in [1.54, 1.807) is 6.08 Å². The third-order valence-corrected chi connectivity index (χ3v) is 2.60. The van der Waals surface area contributed by atoms with Crippen LogP contribution in [-0.2, 0) is 9.53 Å². The Bertz CT molecular complexity index is 176. The van der Waals surface area contributed by atoms with Crippen molar-refractivity contribution < 1.29 is 9.53 Å². The average Bonchev–Trinajstić information content (AvgIpc) is 2.30. The van der Waals surface area contributed by atoms with Crippen LogP contribution in [0.5, 0.6) is 0 Å². The first-order valence-electron chi connectivity index (χ1n) is 6.57. The summed E-state index contributed by atoms with van der Waals surface area (Å²) < 4.78 is 4.89. The predicted octanol–water partition coefficient (Wildman–Crippen LogP) is 4.25. The molecule has 0 spiro atoms. The number of carbonyl (C=O) groups is 1. The van der Waals surface area contributed by atoms with Crippen molar-refractivity contribution in [3.8, 4) is 0 Å². The van der Waals surface area contributed by atoms with Crippen LogP contribution in [0.25, 0.3) is 0 Å². The van der Waals surface area contributed by atoms with Gasteiger partial charge in [0.15, 0.2) is 0 Å². The highest BCUT2D eigenvalue weighted by atomic mass is 16.5. The van der Waals surface area contributed by atoms with Gasteiger partial charge in [0.05, 0.1) is 0 Å². The fraction of sp³-hybridized carbons (Fsp3) is 0.786. The number of ether oxygens (including phenoxy) is 1. The minimum Gasteiger partial charge on any atom is -0.461 e. The van der Waals surface area contributed by atoms with E-state index in [2.05, 4.69) is 13.5 Å². The lowest BCUT2D eigenvalue weighted by Crippen LogP contribution is -2.03. The Balaban J connectivity index is 3.08. The Morgan fingerprint density at radius 1 is 1.06 bits per heavy atom. The number of hydrogen-bond donors (Lipinski definition) is 0. The summed E-state index contributed by atoms with van der Waals surface area (Å²) in [5, 5.41) is 0. The normalized spacial score (nSPS) is 10.1. The van der Waals surface area contributed by atoms with E-state index in [1.807, 2.05) is 0 Å². The Morgan fingerprint density at radius 2 is 1.62 bits per heavy atom. The molecular formula is C14H26O2. The molecule has 16 heavy (non-hydrogen) atoms. The monoisotopic (exact) mass is 226 g/mol. The molecule has 0 bridgehead atoms. The van der Waals surface area contributed by atoms with Crippen LogP contribution in [0.15, 0.2) is 12.7 Å². The van der Waals surface area contributed by atoms with Gasteiger partial charge in [0.1, 0.15) is 6.61 Å². The van der Waals surface area contributed by atoms with Gasteiger partial charge in [0, 0.05) is 6.42 Å². The molecule has 0 aliphatic heterocycles. The molecule has 0 saturated carbocycles. The summed E-state index contributed by atoms with van der Waals surface area (Å²) in [6.07, 6.45) is 12.2. The maximum Gasteiger partial charge on any atom is 0.306 e. The minimum atomic E-state index is -0.0918. The highest BCUT2D eigenvalue weighted by molar-refractivity contribution is 5.69. The van der Waals surface area contributed by atoms with Crippen molar-refractivity contribution in [3.63, 3.8) is 0 Å². The molecule has 0 atom stereocenters. The summed E-state index contributed by atoms with van der Waals surface area (Å²) >= 11 is 0. The van der Waals surface area contributed by atoms with Gasteiger partial charge < -0.3 is 4.74 Å². The molecule has 0 rings (SSSR count). The minimum absolute atomic E-state index is 0.0918. The molecule has 0 amide bonds. The fourth-order valence-electron chi connectivity index (χ4n) is 1.63. The Morgan fingerprint density at radius 3 is 2.19 bits per heavy atom. The first-order valence-corrected chi connectivity index (χ1v) is 6.57. The Hall–Kier alpha value is -0.790. The van der Waals surface area contributed by atoms with E-state index in [-0.39, 0.29) is 5.97 Å². The second kappa shape index (κ2) is 12.3. The molecule has 0 unspecified atom stereocenters. The van der Waals surface area contributed by atoms with Gasteiger partial charge in [-0.25, -0.2) is 0 Å². The van der Waals surface area contributed by atoms with Crippen LogP contribution < -0.4 is 0 Å². The quantitative estimate of drug-likeness (QED) is 0.299. The van der Waals surface area contributed by atoms with Gasteiger partial charge in [-0.1, -0.05) is 64.5 Å². The van der Waals surface area contributed by atoms with E-state index < -0.39 is 0 Å². The maximum absolute atomic E-state index is 11.1. The number of unbranched alkanes of at least 4 members (excludes halogenated alkanes) is 7. The van der Waals surface area contributed by atoms with Gasteiger partial charge >= 0.3 is 5.97 Å². The average molecular weight is 226 g/mol. The zero-order valence-corrected chi connectivity index (χ0v) is 10.7. The third kappa shape index (κ3) is 11.3. The highest BCUT2D eigenvalue weighted by Gasteiger charge is 2.00. The van der Waals surface area contributed by atoms with Crippen LogP contribution in [0.1, 0.15) is 64.7 Å². The van der Waals surface area contributed by atoms with Gasteiger partial charge in [-0.05, 0) is 6.42 Å². The van der Waals surface area contributed by atoms with Crippen LogP contribution in [0.2, 0.25) is 0 Å². The van der Waals surface area contributed by atoms with Crippen molar-refractivity contribution in [2.75, 3.05) is 6.61 Å². The molecule has 0 aliphatic rings. The van der Waals surface area contributed by atoms with Gasteiger partial charge in [0.2, 0.25) is 0 Å². The van der Waals surface area contributed by atoms with Crippen molar-refractivity contribution in [1.82, 2.24) is 0 Å². The summed E-state index contributed by atoms with van der Waals surface area (Å²) in [5.74, 6) is -0.0918. The van der Waals surface area contributed by atoms with Crippen molar-refractivity contribution >= 4 is 5.97 Å². The van der Waals surface area contributed by atoms with Crippen LogP contribution >= 0.6 is 0 Å². The maximum atomic E-state index is 11.1. The van der Waals surface area contributed by atoms with Crippen molar-refractivity contribution in [2.45, 2.75) is 64.7 Å². The van der Waals surface area contributed by atoms with Gasteiger partial charge in [-0.3, -0.25) is 4.79 Å². The second-order valence-electron chi connectivity index (χ2n) is 4.20. The lowest BCUT2D eigenvalue weighted by Gasteiger charge is -2.02. The number of rotatable bonds is 11. The molecular weight excluding hydrogens is 200 g/mol. The second-order valence-corrected chi connectivity index (χ2v) is 4.20. The topological polar surface area (TPSA) is 26.3 Å². The van der Waals surface area contributed by atoms with Crippen LogP contribution in [0.4, 0.5) is 0 Å². The van der Waals surface area contributed by atoms with Crippen LogP contribution in [0.3, 0.4) is 0 Å². The Kier molecular flexibility index (Phi) is 11.7. The van der Waals surface area contributed by atoms with Crippen molar-refractivity contribution in [2.24, 2.45) is 0 Å². The van der Waals surface area contributed by atoms with Crippen LogP contribution in [-0.4, -0.2) is 12.6 Å². The fourth-order valence-corrected chi connectivity index (χ4v) is 1.63. The molecule has 2 heteroatoms. The van der Waals surface area contributed by atoms with Crippen molar-refractivity contribution in [1.29, 1.82) is 0 Å². The van der Waals surface area contributed by atoms with E-state index >= 15 is 0 Å². The smallest absolute Gasteiger partial charge is 0.306 e. The third-order valence-electron chi connectivity index (χ3n) is 2.60. The summed E-state index contributed by atoms with van der Waals surface area (Å²) in [4.78, 5) is 11.1. The summed E-state index contributed by atoms with van der Waals surface area (Å²) in [7, 11) is 0. The molecule has 0 N–H and O–H groups in total. The van der Waals surface area contributed by atoms with Crippen molar-refractivity contribution in [3.05, 3.63) is 12.7 Å². The first-order chi connectivity index (χ1) is 7.81. The van der Waals surface area contributed by atoms with Gasteiger partial charge in [-0.2, -0.15) is 0 Å². The molecule has 2 nitrogen and oxygen atoms in total. The number of hydrogen-bond acceptors (Lipinski definition) is 2. The number of esters is 1. The molecule has 0 aromatic carbocycles. The molecule has 0 aliphatic carbocycles. The largest absolute Gasteiger partial charge is 0.461 e. The van der Waals surface area contributed by atoms with E-state index in [0.29, 0.717) is 13.0 Å². The molecule has 0 aromatic rings. The van der Waals surface area contributed by atoms with E-state index in [9.17, 15) is 4.79 Å². The molecule has 0 aromatic heterocycles. The zero-order chi connectivity index (χ0) is 12.1. The van der Waals surface area contributed by atoms with Crippen LogP contribution in [0, 0.1) is 0 Å². The molecule has 0 fully saturated rings. The van der Waals surface area contributed by atoms with E-state index in [4.69, 9.17) is 4.74 Å². The van der Waals surface area contributed by atoms with E-state index in [1.165, 1.54) is 38.5 Å². The first kappa shape index (κ1) is 15.2. The predicted molar refractivity (Wildman–Crippen MR) is 68.4 cm³/mol. The summed E-state index contributed by atoms with van der Waals surface area (Å²) in [6, 6.07) is 0. The molecule has 0 saturated heterocycles. The lowest BCUT2D eigenvalue weighted by atomic mass is 10.1. The summed E-state index contributed by atoms with van der Waals surface area (Å²) in [6.45, 7) is 6.07. The molecule has 0 heterocycles. The lowest BCUT2D eigenvalue weighted by molar-refractivity contribution is -0.142. The van der Waals surface area contributed by atoms with Gasteiger partial charge in [0.25, 0.3) is 0 Å². The highest BCUT2D eigenvalue weighted by Crippen LogP contribution is 2.09. The zero-order valence-electron chi connectivity index (χ0n) is 10.7. The molecule has 0 radical (unpaired) electrons. The van der Waals surface area contributed by atoms with Gasteiger partial charge in [-0.15, -0.1) is 0 Å². The molecule has 94 valence electrons. The SMILES string of the molecule is C=CCOC(=O)CCCCCCCCCC. The van der Waals surface area contributed by atoms with E-state index in [0.717, 1.165) is 12.8 Å².